The van der Waals surface area contributed by atoms with Crippen LogP contribution in [0.5, 0.6) is 0 Å². The molecule has 1 heterocycles. The van der Waals surface area contributed by atoms with E-state index in [0.29, 0.717) is 6.42 Å². The monoisotopic (exact) mass is 101 g/mol. The molecule has 0 fully saturated rings. The quantitative estimate of drug-likeness (QED) is 0.476. The molecule has 0 radical (unpaired) electrons. The van der Waals surface area contributed by atoms with E-state index in [0.717, 1.165) is 6.54 Å². The Hall–Kier alpha value is -0.530. The lowest BCUT2D eigenvalue weighted by atomic mass is 10.2. The molecule has 1 nitrogen and oxygen atoms in total. The molecule has 1 aliphatic rings. The van der Waals surface area contributed by atoms with Gasteiger partial charge >= 0.3 is 0 Å². The summed E-state index contributed by atoms with van der Waals surface area (Å²) >= 11 is 0. The van der Waals surface area contributed by atoms with Crippen LogP contribution >= 0.6 is 0 Å². The fourth-order valence-electron chi connectivity index (χ4n) is 0.573. The highest BCUT2D eigenvalue weighted by atomic mass is 19.1. The van der Waals surface area contributed by atoms with Gasteiger partial charge in [0, 0.05) is 6.54 Å². The average molecular weight is 101 g/mol. The third-order valence-electron chi connectivity index (χ3n) is 0.987. The van der Waals surface area contributed by atoms with Crippen LogP contribution in [0.1, 0.15) is 6.42 Å². The molecular weight excluding hydrogens is 93.1 g/mol. The molecule has 1 aliphatic heterocycles. The molecular formula is C5H8FN. The van der Waals surface area contributed by atoms with Crippen LogP contribution in [0, 0.1) is 0 Å². The van der Waals surface area contributed by atoms with Crippen molar-refractivity contribution in [2.24, 2.45) is 0 Å². The van der Waals surface area contributed by atoms with E-state index in [1.807, 2.05) is 0 Å². The smallest absolute Gasteiger partial charge is 0.122 e. The van der Waals surface area contributed by atoms with Crippen molar-refractivity contribution in [3.8, 4) is 0 Å². The van der Waals surface area contributed by atoms with Crippen LogP contribution in [0.4, 0.5) is 4.39 Å². The topological polar surface area (TPSA) is 12.0 Å². The van der Waals surface area contributed by atoms with Gasteiger partial charge in [-0.1, -0.05) is 0 Å². The molecule has 0 aromatic rings. The number of halogens is 1. The van der Waals surface area contributed by atoms with Crippen molar-refractivity contribution in [2.45, 2.75) is 12.6 Å². The average Bonchev–Trinajstić information content (AvgIpc) is 1.69. The van der Waals surface area contributed by atoms with Gasteiger partial charge in [0.15, 0.2) is 0 Å². The van der Waals surface area contributed by atoms with Gasteiger partial charge in [0.05, 0.1) is 0 Å². The van der Waals surface area contributed by atoms with E-state index in [1.165, 1.54) is 6.08 Å². The molecule has 1 unspecified atom stereocenters. The predicted molar refractivity (Wildman–Crippen MR) is 26.7 cm³/mol. The van der Waals surface area contributed by atoms with Crippen LogP contribution in [0.25, 0.3) is 0 Å². The second kappa shape index (κ2) is 1.96. The molecule has 0 saturated heterocycles. The van der Waals surface area contributed by atoms with E-state index in [1.54, 1.807) is 6.20 Å². The van der Waals surface area contributed by atoms with Gasteiger partial charge in [0.1, 0.15) is 6.17 Å². The van der Waals surface area contributed by atoms with Gasteiger partial charge in [-0.15, -0.1) is 0 Å². The van der Waals surface area contributed by atoms with E-state index in [-0.39, 0.29) is 0 Å². The van der Waals surface area contributed by atoms with Crippen molar-refractivity contribution in [2.75, 3.05) is 6.54 Å². The minimum atomic E-state index is -0.707. The van der Waals surface area contributed by atoms with Crippen LogP contribution in [-0.2, 0) is 0 Å². The van der Waals surface area contributed by atoms with E-state index in [9.17, 15) is 4.39 Å². The zero-order chi connectivity index (χ0) is 5.11. The zero-order valence-corrected chi connectivity index (χ0v) is 4.02. The minimum absolute atomic E-state index is 0.622. The molecule has 0 aliphatic carbocycles. The van der Waals surface area contributed by atoms with Crippen LogP contribution in [0.15, 0.2) is 12.3 Å². The molecule has 0 aromatic carbocycles. The van der Waals surface area contributed by atoms with Gasteiger partial charge in [0.25, 0.3) is 0 Å². The number of hydrogen-bond donors (Lipinski definition) is 1. The lowest BCUT2D eigenvalue weighted by Gasteiger charge is -2.07. The molecule has 40 valence electrons. The summed E-state index contributed by atoms with van der Waals surface area (Å²) in [7, 11) is 0. The van der Waals surface area contributed by atoms with E-state index in [2.05, 4.69) is 5.32 Å². The maximum absolute atomic E-state index is 12.1. The van der Waals surface area contributed by atoms with E-state index < -0.39 is 6.17 Å². The summed E-state index contributed by atoms with van der Waals surface area (Å²) in [5.74, 6) is 0. The first-order valence-corrected chi connectivity index (χ1v) is 2.44. The van der Waals surface area contributed by atoms with Crippen molar-refractivity contribution in [3.63, 3.8) is 0 Å². The summed E-state index contributed by atoms with van der Waals surface area (Å²) in [6, 6.07) is 0. The summed E-state index contributed by atoms with van der Waals surface area (Å²) in [5.41, 5.74) is 0. The number of allylic oxidation sites excluding steroid dienone is 1. The summed E-state index contributed by atoms with van der Waals surface area (Å²) in [6.45, 7) is 0.775. The molecule has 0 saturated carbocycles. The number of rotatable bonds is 0. The highest BCUT2D eigenvalue weighted by Gasteiger charge is 2.02. The van der Waals surface area contributed by atoms with Crippen LogP contribution in [0.3, 0.4) is 0 Å². The highest BCUT2D eigenvalue weighted by molar-refractivity contribution is 4.91. The Morgan fingerprint density at radius 2 is 2.57 bits per heavy atom. The van der Waals surface area contributed by atoms with Gasteiger partial charge in [0.2, 0.25) is 0 Å². The van der Waals surface area contributed by atoms with Crippen LogP contribution in [0.2, 0.25) is 0 Å². The Bertz CT molecular complexity index is 80.1. The van der Waals surface area contributed by atoms with Crippen LogP contribution in [-0.4, -0.2) is 12.7 Å². The molecule has 1 N–H and O–H groups in total. The first-order chi connectivity index (χ1) is 3.39. The Kier molecular flexibility index (Phi) is 1.29. The van der Waals surface area contributed by atoms with E-state index in [4.69, 9.17) is 0 Å². The second-order valence-corrected chi connectivity index (χ2v) is 1.62. The minimum Gasteiger partial charge on any atom is -0.391 e. The highest BCUT2D eigenvalue weighted by Crippen LogP contribution is 2.00. The zero-order valence-electron chi connectivity index (χ0n) is 4.02. The van der Waals surface area contributed by atoms with Gasteiger partial charge in [-0.05, 0) is 18.7 Å². The maximum atomic E-state index is 12.1. The Morgan fingerprint density at radius 1 is 1.71 bits per heavy atom. The molecule has 0 aromatic heterocycles. The summed E-state index contributed by atoms with van der Waals surface area (Å²) in [4.78, 5) is 0. The van der Waals surface area contributed by atoms with Crippen molar-refractivity contribution in [1.82, 2.24) is 5.32 Å². The summed E-state index contributed by atoms with van der Waals surface area (Å²) in [5, 5.41) is 2.89. The Balaban J connectivity index is 2.36. The molecule has 7 heavy (non-hydrogen) atoms. The number of nitrogens with one attached hydrogen (secondary N) is 1. The standard InChI is InChI=1S/C5H8FN/c6-5-1-3-7-4-2-5/h1,3,5,7H,2,4H2. The fraction of sp³-hybridized carbons (Fsp3) is 0.600. The molecule has 0 bridgehead atoms. The Labute approximate surface area is 42.2 Å². The summed E-state index contributed by atoms with van der Waals surface area (Å²) in [6.07, 6.45) is 3.11. The van der Waals surface area contributed by atoms with Crippen molar-refractivity contribution >= 4 is 0 Å². The normalized spacial score (nSPS) is 29.6. The second-order valence-electron chi connectivity index (χ2n) is 1.62. The maximum Gasteiger partial charge on any atom is 0.122 e. The van der Waals surface area contributed by atoms with Gasteiger partial charge < -0.3 is 5.32 Å². The first-order valence-electron chi connectivity index (χ1n) is 2.44. The van der Waals surface area contributed by atoms with Crippen molar-refractivity contribution in [3.05, 3.63) is 12.3 Å². The largest absolute Gasteiger partial charge is 0.391 e. The molecule has 2 heteroatoms. The predicted octanol–water partition coefficient (Wildman–Crippen LogP) is 0.831. The SMILES string of the molecule is FC1C=CNCC1. The summed E-state index contributed by atoms with van der Waals surface area (Å²) < 4.78 is 12.1. The Morgan fingerprint density at radius 3 is 2.86 bits per heavy atom. The number of hydrogen-bond acceptors (Lipinski definition) is 1. The lowest BCUT2D eigenvalue weighted by Crippen LogP contribution is -2.17. The fourth-order valence-corrected chi connectivity index (χ4v) is 0.573. The van der Waals surface area contributed by atoms with Crippen molar-refractivity contribution in [1.29, 1.82) is 0 Å². The van der Waals surface area contributed by atoms with Gasteiger partial charge in [-0.2, -0.15) is 0 Å². The molecule has 1 atom stereocenters. The molecule has 0 spiro atoms. The molecule has 0 amide bonds. The lowest BCUT2D eigenvalue weighted by molar-refractivity contribution is 0.365. The van der Waals surface area contributed by atoms with Crippen LogP contribution < -0.4 is 5.32 Å². The van der Waals surface area contributed by atoms with Crippen molar-refractivity contribution < 1.29 is 4.39 Å². The van der Waals surface area contributed by atoms with E-state index >= 15 is 0 Å². The molecule has 1 rings (SSSR count). The number of alkyl halides is 1. The van der Waals surface area contributed by atoms with Gasteiger partial charge in [-0.3, -0.25) is 0 Å². The first kappa shape index (κ1) is 4.62. The van der Waals surface area contributed by atoms with Gasteiger partial charge in [-0.25, -0.2) is 4.39 Å². The third kappa shape index (κ3) is 1.18. The third-order valence-corrected chi connectivity index (χ3v) is 0.987.